The number of H-pyrrole nitrogens is 1. The van der Waals surface area contributed by atoms with E-state index in [1.807, 2.05) is 29.0 Å². The van der Waals surface area contributed by atoms with E-state index in [1.54, 1.807) is 24.7 Å². The van der Waals surface area contributed by atoms with Gasteiger partial charge >= 0.3 is 0 Å². The number of anilines is 1. The number of carbonyl (C=O) groups is 1. The second-order valence-corrected chi connectivity index (χ2v) is 12.3. The Hall–Kier alpha value is -4.29. The Balaban J connectivity index is 1.34. The predicted octanol–water partition coefficient (Wildman–Crippen LogP) is 7.01. The largest absolute Gasteiger partial charge is 0.345 e. The van der Waals surface area contributed by atoms with Crippen LogP contribution in [0.15, 0.2) is 78.2 Å². The van der Waals surface area contributed by atoms with Crippen LogP contribution >= 0.6 is 11.3 Å². The summed E-state index contributed by atoms with van der Waals surface area (Å²) < 4.78 is 71.8. The van der Waals surface area contributed by atoms with E-state index >= 15 is 4.39 Å². The number of nitrogens with one attached hydrogen (secondary N) is 2. The number of halogens is 3. The fraction of sp³-hybridized carbons (Fsp3) is 0.138. The van der Waals surface area contributed by atoms with E-state index in [4.69, 9.17) is 0 Å². The molecule has 0 aliphatic heterocycles. The summed E-state index contributed by atoms with van der Waals surface area (Å²) >= 11 is 1.50. The minimum Gasteiger partial charge on any atom is -0.345 e. The lowest BCUT2D eigenvalue weighted by Gasteiger charge is -2.17. The van der Waals surface area contributed by atoms with Crippen LogP contribution in [0.5, 0.6) is 0 Å². The van der Waals surface area contributed by atoms with Gasteiger partial charge in [-0.1, -0.05) is 6.07 Å². The molecule has 1 aromatic carbocycles. The number of thiophene rings is 1. The summed E-state index contributed by atoms with van der Waals surface area (Å²) in [5.41, 5.74) is 0.404. The zero-order valence-corrected chi connectivity index (χ0v) is 22.8. The van der Waals surface area contributed by atoms with E-state index in [-0.39, 0.29) is 23.3 Å². The average Bonchev–Trinajstić information content (AvgIpc) is 3.63. The third kappa shape index (κ3) is 5.16. The standard InChI is InChI=1S/C29H21F3N4O3S2/c30-18-4-1-5-19(12-18)41(38,39)36-23-7-6-22(31)26(27(23)32)28(37)21-15-35-29-20(21)11-17(14-34-29)25-9-8-24(40-25)16-3-2-10-33-13-16/h2-3,6-15,18,36H,1,4-5H2,(H,34,35). The maximum Gasteiger partial charge on any atom is 0.257 e. The number of fused-ring (bicyclic) bond motifs is 1. The van der Waals surface area contributed by atoms with Crippen LogP contribution in [0.4, 0.5) is 18.9 Å². The number of allylic oxidation sites excluding steroid dienone is 2. The first kappa shape index (κ1) is 26.9. The van der Waals surface area contributed by atoms with Crippen molar-refractivity contribution in [1.82, 2.24) is 15.0 Å². The molecule has 6 rings (SSSR count). The topological polar surface area (TPSA) is 105 Å². The first-order valence-electron chi connectivity index (χ1n) is 12.6. The molecule has 1 atom stereocenters. The second-order valence-electron chi connectivity index (χ2n) is 9.49. The van der Waals surface area contributed by atoms with Crippen LogP contribution in [0.25, 0.3) is 31.9 Å². The Morgan fingerprint density at radius 2 is 1.88 bits per heavy atom. The Morgan fingerprint density at radius 1 is 1.07 bits per heavy atom. The maximum atomic E-state index is 15.5. The van der Waals surface area contributed by atoms with Crippen molar-refractivity contribution in [2.75, 3.05) is 4.72 Å². The molecule has 0 amide bonds. The number of pyridine rings is 2. The van der Waals surface area contributed by atoms with Gasteiger partial charge in [-0.05, 0) is 61.7 Å². The number of rotatable bonds is 7. The molecule has 41 heavy (non-hydrogen) atoms. The molecule has 0 fully saturated rings. The lowest BCUT2D eigenvalue weighted by atomic mass is 10.0. The van der Waals surface area contributed by atoms with Crippen LogP contribution in [0.1, 0.15) is 35.2 Å². The third-order valence-corrected chi connectivity index (χ3v) is 9.49. The van der Waals surface area contributed by atoms with Gasteiger partial charge in [0.25, 0.3) is 10.0 Å². The van der Waals surface area contributed by atoms with Crippen LogP contribution < -0.4 is 4.72 Å². The molecule has 0 saturated carbocycles. The highest BCUT2D eigenvalue weighted by atomic mass is 32.2. The number of ketones is 1. The van der Waals surface area contributed by atoms with Gasteiger partial charge in [0, 0.05) is 56.6 Å². The third-order valence-electron chi connectivity index (χ3n) is 6.79. The summed E-state index contributed by atoms with van der Waals surface area (Å²) in [6.07, 6.45) is 6.52. The van der Waals surface area contributed by atoms with Crippen molar-refractivity contribution >= 4 is 43.9 Å². The van der Waals surface area contributed by atoms with E-state index in [0.717, 1.165) is 33.5 Å². The van der Waals surface area contributed by atoms with Crippen LogP contribution in [0.2, 0.25) is 0 Å². The second kappa shape index (κ2) is 10.6. The van der Waals surface area contributed by atoms with Gasteiger partial charge < -0.3 is 4.98 Å². The van der Waals surface area contributed by atoms with Gasteiger partial charge in [-0.25, -0.2) is 26.6 Å². The number of carbonyl (C=O) groups excluding carboxylic acids is 1. The van der Waals surface area contributed by atoms with Crippen LogP contribution in [0.3, 0.4) is 0 Å². The fourth-order valence-corrected chi connectivity index (χ4v) is 7.03. The van der Waals surface area contributed by atoms with Crippen molar-refractivity contribution in [3.05, 3.63) is 101 Å². The van der Waals surface area contributed by atoms with E-state index in [0.29, 0.717) is 23.0 Å². The van der Waals surface area contributed by atoms with Crippen molar-refractivity contribution in [1.29, 1.82) is 0 Å². The number of benzene rings is 1. The molecule has 0 saturated heterocycles. The van der Waals surface area contributed by atoms with Crippen molar-refractivity contribution in [2.45, 2.75) is 25.4 Å². The molecular formula is C29H21F3N4O3S2. The number of aromatic amines is 1. The van der Waals surface area contributed by atoms with Crippen molar-refractivity contribution in [2.24, 2.45) is 0 Å². The number of aromatic nitrogens is 3. The van der Waals surface area contributed by atoms with Gasteiger partial charge in [-0.2, -0.15) is 0 Å². The zero-order chi connectivity index (χ0) is 28.7. The molecule has 1 unspecified atom stereocenters. The summed E-state index contributed by atoms with van der Waals surface area (Å²) in [4.78, 5) is 26.5. The molecule has 0 radical (unpaired) electrons. The number of nitrogens with zero attached hydrogens (tertiary/aromatic N) is 2. The van der Waals surface area contributed by atoms with E-state index in [2.05, 4.69) is 15.0 Å². The quantitative estimate of drug-likeness (QED) is 0.197. The maximum absolute atomic E-state index is 15.5. The molecule has 12 heteroatoms. The molecular weight excluding hydrogens is 573 g/mol. The lowest BCUT2D eigenvalue weighted by molar-refractivity contribution is 0.103. The first-order valence-corrected chi connectivity index (χ1v) is 14.9. The average molecular weight is 595 g/mol. The number of hydrogen-bond donors (Lipinski definition) is 2. The highest BCUT2D eigenvalue weighted by Gasteiger charge is 2.28. The van der Waals surface area contributed by atoms with Crippen LogP contribution in [0, 0.1) is 11.6 Å². The van der Waals surface area contributed by atoms with Gasteiger partial charge in [0.15, 0.2) is 5.82 Å². The van der Waals surface area contributed by atoms with Gasteiger partial charge in [0.2, 0.25) is 5.78 Å². The van der Waals surface area contributed by atoms with Crippen molar-refractivity contribution < 1.29 is 26.4 Å². The molecule has 2 N–H and O–H groups in total. The Bertz CT molecular complexity index is 1940. The number of sulfonamides is 1. The Morgan fingerprint density at radius 3 is 2.63 bits per heavy atom. The van der Waals surface area contributed by atoms with Crippen LogP contribution in [-0.2, 0) is 10.0 Å². The van der Waals surface area contributed by atoms with Crippen molar-refractivity contribution in [3.63, 3.8) is 0 Å². The summed E-state index contributed by atoms with van der Waals surface area (Å²) in [6.45, 7) is 0. The smallest absolute Gasteiger partial charge is 0.257 e. The first-order chi connectivity index (χ1) is 19.7. The van der Waals surface area contributed by atoms with Gasteiger partial charge in [0.05, 0.1) is 16.2 Å². The molecule has 1 aliphatic carbocycles. The minimum atomic E-state index is -4.31. The normalized spacial score (nSPS) is 15.6. The molecule has 0 spiro atoms. The van der Waals surface area contributed by atoms with Crippen LogP contribution in [-0.4, -0.2) is 35.3 Å². The van der Waals surface area contributed by atoms with Gasteiger partial charge in [-0.3, -0.25) is 14.5 Å². The van der Waals surface area contributed by atoms with E-state index < -0.39 is 44.9 Å². The van der Waals surface area contributed by atoms with Gasteiger partial charge in [0.1, 0.15) is 17.6 Å². The SMILES string of the molecule is O=C(c1c(F)ccc(NS(=O)(=O)C2=CC(F)CCC2)c1F)c1c[nH]c2ncc(-c3ccc(-c4cccnc4)s3)cc12. The Kier molecular flexibility index (Phi) is 6.96. The summed E-state index contributed by atoms with van der Waals surface area (Å²) in [5.74, 6) is -3.52. The Labute approximate surface area is 236 Å². The predicted molar refractivity (Wildman–Crippen MR) is 152 cm³/mol. The summed E-state index contributed by atoms with van der Waals surface area (Å²) in [7, 11) is -4.31. The van der Waals surface area contributed by atoms with Crippen molar-refractivity contribution in [3.8, 4) is 20.9 Å². The molecule has 208 valence electrons. The monoisotopic (exact) mass is 594 g/mol. The fourth-order valence-electron chi connectivity index (χ4n) is 4.73. The lowest BCUT2D eigenvalue weighted by Crippen LogP contribution is -2.20. The molecule has 5 aromatic rings. The minimum absolute atomic E-state index is 0.0357. The highest BCUT2D eigenvalue weighted by molar-refractivity contribution is 7.96. The molecule has 7 nitrogen and oxygen atoms in total. The number of alkyl halides is 1. The van der Waals surface area contributed by atoms with E-state index in [1.165, 1.54) is 17.5 Å². The zero-order valence-electron chi connectivity index (χ0n) is 21.2. The highest BCUT2D eigenvalue weighted by Crippen LogP contribution is 2.36. The van der Waals surface area contributed by atoms with E-state index in [9.17, 15) is 22.0 Å². The number of hydrogen-bond acceptors (Lipinski definition) is 6. The van der Waals surface area contributed by atoms with Gasteiger partial charge in [-0.15, -0.1) is 11.3 Å². The summed E-state index contributed by atoms with van der Waals surface area (Å²) in [6, 6.07) is 11.0. The summed E-state index contributed by atoms with van der Waals surface area (Å²) in [5, 5.41) is 0.343. The molecule has 4 heterocycles. The molecule has 0 bridgehead atoms. The molecule has 1 aliphatic rings. The molecule has 4 aromatic heterocycles.